The van der Waals surface area contributed by atoms with Crippen LogP contribution in [0.2, 0.25) is 0 Å². The van der Waals surface area contributed by atoms with E-state index in [1.165, 1.54) is 0 Å². The van der Waals surface area contributed by atoms with Gasteiger partial charge in [-0.3, -0.25) is 4.79 Å². The van der Waals surface area contributed by atoms with Crippen LogP contribution in [-0.4, -0.2) is 56.9 Å². The van der Waals surface area contributed by atoms with E-state index in [0.717, 1.165) is 30.2 Å². The molecule has 0 spiro atoms. The molecular weight excluding hydrogens is 352 g/mol. The second kappa shape index (κ2) is 7.72. The Morgan fingerprint density at radius 1 is 0.929 bits per heavy atom. The Morgan fingerprint density at radius 2 is 1.68 bits per heavy atom. The van der Waals surface area contributed by atoms with E-state index in [0.29, 0.717) is 30.3 Å². The maximum absolute atomic E-state index is 12.8. The molecule has 0 N–H and O–H groups in total. The molecule has 1 aliphatic heterocycles. The number of nitrogens with zero attached hydrogens (tertiary/aromatic N) is 6. The number of amides is 1. The van der Waals surface area contributed by atoms with E-state index in [1.54, 1.807) is 12.4 Å². The first-order valence-corrected chi connectivity index (χ1v) is 9.35. The molecule has 3 heterocycles. The molecule has 1 amide bonds. The highest BCUT2D eigenvalue weighted by Crippen LogP contribution is 2.20. The zero-order chi connectivity index (χ0) is 19.5. The average Bonchev–Trinajstić information content (AvgIpc) is 2.74. The number of benzene rings is 1. The minimum Gasteiger partial charge on any atom is -0.353 e. The van der Waals surface area contributed by atoms with Gasteiger partial charge in [-0.05, 0) is 19.9 Å². The van der Waals surface area contributed by atoms with Crippen LogP contribution < -0.4 is 4.90 Å². The molecule has 0 bridgehead atoms. The number of aromatic nitrogens is 4. The fourth-order valence-corrected chi connectivity index (χ4v) is 3.35. The predicted molar refractivity (Wildman–Crippen MR) is 107 cm³/mol. The summed E-state index contributed by atoms with van der Waals surface area (Å²) < 4.78 is 0. The molecule has 0 aliphatic carbocycles. The number of hydrogen-bond donors (Lipinski definition) is 0. The van der Waals surface area contributed by atoms with Gasteiger partial charge in [0.1, 0.15) is 11.6 Å². The Kier molecular flexibility index (Phi) is 4.97. The lowest BCUT2D eigenvalue weighted by atomic mass is 10.2. The van der Waals surface area contributed by atoms with Gasteiger partial charge in [0.25, 0.3) is 5.91 Å². The summed E-state index contributed by atoms with van der Waals surface area (Å²) in [5.41, 5.74) is 2.30. The second-order valence-corrected chi connectivity index (χ2v) is 6.80. The Balaban J connectivity index is 1.45. The molecule has 1 aromatic carbocycles. The molecule has 28 heavy (non-hydrogen) atoms. The lowest BCUT2D eigenvalue weighted by molar-refractivity contribution is 0.0744. The molecule has 0 saturated carbocycles. The number of carbonyl (C=O) groups is 1. The van der Waals surface area contributed by atoms with E-state index in [4.69, 9.17) is 4.98 Å². The minimum absolute atomic E-state index is 0.00943. The van der Waals surface area contributed by atoms with Crippen molar-refractivity contribution in [3.63, 3.8) is 0 Å². The van der Waals surface area contributed by atoms with Crippen LogP contribution in [0, 0.1) is 13.8 Å². The summed E-state index contributed by atoms with van der Waals surface area (Å²) in [5.74, 6) is 2.27. The predicted octanol–water partition coefficient (Wildman–Crippen LogP) is 2.51. The number of carbonyl (C=O) groups excluding carboxylic acids is 1. The van der Waals surface area contributed by atoms with E-state index < -0.39 is 0 Å². The molecule has 142 valence electrons. The third-order valence-corrected chi connectivity index (χ3v) is 4.89. The van der Waals surface area contributed by atoms with Crippen LogP contribution in [0.25, 0.3) is 11.4 Å². The van der Waals surface area contributed by atoms with Crippen LogP contribution in [0.3, 0.4) is 0 Å². The number of hydrogen-bond acceptors (Lipinski definition) is 6. The van der Waals surface area contributed by atoms with Crippen LogP contribution in [0.4, 0.5) is 5.82 Å². The number of piperazine rings is 1. The van der Waals surface area contributed by atoms with Gasteiger partial charge in [-0.25, -0.2) is 19.9 Å². The van der Waals surface area contributed by atoms with Crippen molar-refractivity contribution in [2.75, 3.05) is 31.1 Å². The Bertz CT molecular complexity index is 983. The second-order valence-electron chi connectivity index (χ2n) is 6.80. The molecule has 1 aliphatic rings. The van der Waals surface area contributed by atoms with E-state index in [-0.39, 0.29) is 5.91 Å². The molecule has 2 aromatic heterocycles. The topological polar surface area (TPSA) is 75.1 Å². The van der Waals surface area contributed by atoms with Crippen molar-refractivity contribution in [2.45, 2.75) is 13.8 Å². The van der Waals surface area contributed by atoms with Gasteiger partial charge >= 0.3 is 0 Å². The monoisotopic (exact) mass is 374 g/mol. The van der Waals surface area contributed by atoms with Crippen LogP contribution in [-0.2, 0) is 0 Å². The molecule has 4 rings (SSSR count). The molecule has 7 heteroatoms. The van der Waals surface area contributed by atoms with Crippen molar-refractivity contribution in [1.29, 1.82) is 0 Å². The summed E-state index contributed by atoms with van der Waals surface area (Å²) in [6.45, 7) is 6.40. The summed E-state index contributed by atoms with van der Waals surface area (Å²) in [6, 6.07) is 11.9. The molecule has 0 atom stereocenters. The molecule has 1 saturated heterocycles. The first-order valence-electron chi connectivity index (χ1n) is 9.35. The van der Waals surface area contributed by atoms with E-state index in [2.05, 4.69) is 19.9 Å². The van der Waals surface area contributed by atoms with E-state index in [9.17, 15) is 4.79 Å². The van der Waals surface area contributed by atoms with Crippen molar-refractivity contribution in [3.05, 3.63) is 65.9 Å². The van der Waals surface area contributed by atoms with Crippen molar-refractivity contribution in [2.24, 2.45) is 0 Å². The van der Waals surface area contributed by atoms with Crippen molar-refractivity contribution >= 4 is 11.7 Å². The van der Waals surface area contributed by atoms with Crippen LogP contribution in [0.15, 0.2) is 48.8 Å². The lowest BCUT2D eigenvalue weighted by Gasteiger charge is -2.35. The van der Waals surface area contributed by atoms with Gasteiger partial charge < -0.3 is 9.80 Å². The molecule has 0 unspecified atom stereocenters. The zero-order valence-electron chi connectivity index (χ0n) is 16.0. The standard InChI is InChI=1S/C21H22N6O/c1-15-18(14-23-16(2)24-15)21(28)27-12-10-26(11-13-27)19-8-9-22-20(25-19)17-6-4-3-5-7-17/h3-9,14H,10-13H2,1-2H3. The van der Waals surface area contributed by atoms with Crippen molar-refractivity contribution < 1.29 is 4.79 Å². The molecule has 3 aromatic rings. The molecule has 1 fully saturated rings. The number of anilines is 1. The molecular formula is C21H22N6O. The third kappa shape index (κ3) is 3.69. The minimum atomic E-state index is -0.00943. The van der Waals surface area contributed by atoms with Crippen LogP contribution in [0.1, 0.15) is 21.9 Å². The lowest BCUT2D eigenvalue weighted by Crippen LogP contribution is -2.49. The largest absolute Gasteiger partial charge is 0.353 e. The highest BCUT2D eigenvalue weighted by molar-refractivity contribution is 5.95. The number of aryl methyl sites for hydroxylation is 2. The smallest absolute Gasteiger partial charge is 0.257 e. The quantitative estimate of drug-likeness (QED) is 0.701. The third-order valence-electron chi connectivity index (χ3n) is 4.89. The zero-order valence-corrected chi connectivity index (χ0v) is 16.0. The summed E-state index contributed by atoms with van der Waals surface area (Å²) in [4.78, 5) is 34.4. The van der Waals surface area contributed by atoms with Gasteiger partial charge in [0.15, 0.2) is 5.82 Å². The van der Waals surface area contributed by atoms with Crippen molar-refractivity contribution in [3.8, 4) is 11.4 Å². The first-order chi connectivity index (χ1) is 13.6. The normalized spacial score (nSPS) is 14.2. The average molecular weight is 374 g/mol. The summed E-state index contributed by atoms with van der Waals surface area (Å²) in [5, 5.41) is 0. The summed E-state index contributed by atoms with van der Waals surface area (Å²) in [7, 11) is 0. The van der Waals surface area contributed by atoms with Gasteiger partial charge in [0, 0.05) is 44.1 Å². The fraction of sp³-hybridized carbons (Fsp3) is 0.286. The van der Waals surface area contributed by atoms with E-state index in [1.807, 2.05) is 55.1 Å². The molecule has 0 radical (unpaired) electrons. The van der Waals surface area contributed by atoms with E-state index >= 15 is 0 Å². The SMILES string of the molecule is Cc1ncc(C(=O)N2CCN(c3ccnc(-c4ccccc4)n3)CC2)c(C)n1. The van der Waals surface area contributed by atoms with Gasteiger partial charge in [-0.1, -0.05) is 30.3 Å². The van der Waals surface area contributed by atoms with Crippen molar-refractivity contribution in [1.82, 2.24) is 24.8 Å². The van der Waals surface area contributed by atoms with Gasteiger partial charge in [-0.2, -0.15) is 0 Å². The van der Waals surface area contributed by atoms with Crippen LogP contribution in [0.5, 0.6) is 0 Å². The Labute approximate surface area is 164 Å². The fourth-order valence-electron chi connectivity index (χ4n) is 3.35. The summed E-state index contributed by atoms with van der Waals surface area (Å²) in [6.07, 6.45) is 3.41. The number of rotatable bonds is 3. The van der Waals surface area contributed by atoms with Crippen LogP contribution >= 0.6 is 0 Å². The Morgan fingerprint density at radius 3 is 2.39 bits per heavy atom. The first kappa shape index (κ1) is 18.0. The van der Waals surface area contributed by atoms with Gasteiger partial charge in [0.2, 0.25) is 0 Å². The molecule has 7 nitrogen and oxygen atoms in total. The Hall–Kier alpha value is -3.35. The maximum Gasteiger partial charge on any atom is 0.257 e. The highest BCUT2D eigenvalue weighted by Gasteiger charge is 2.24. The maximum atomic E-state index is 12.8. The van der Waals surface area contributed by atoms with Gasteiger partial charge in [-0.15, -0.1) is 0 Å². The summed E-state index contributed by atoms with van der Waals surface area (Å²) >= 11 is 0. The van der Waals surface area contributed by atoms with Gasteiger partial charge in [0.05, 0.1) is 11.3 Å². The highest BCUT2D eigenvalue weighted by atomic mass is 16.2.